The number of fused-ring (bicyclic) bond motifs is 1. The zero-order chi connectivity index (χ0) is 20.2. The molecule has 0 fully saturated rings. The first-order valence-corrected chi connectivity index (χ1v) is 8.74. The summed E-state index contributed by atoms with van der Waals surface area (Å²) in [4.78, 5) is 31.8. The van der Waals surface area contributed by atoms with Crippen molar-refractivity contribution in [2.45, 2.75) is 6.92 Å². The van der Waals surface area contributed by atoms with Crippen LogP contribution in [0.2, 0.25) is 0 Å². The van der Waals surface area contributed by atoms with Crippen molar-refractivity contribution in [2.24, 2.45) is 0 Å². The lowest BCUT2D eigenvalue weighted by molar-refractivity contribution is -0.114. The summed E-state index contributed by atoms with van der Waals surface area (Å²) in [5.74, 6) is 1.10. The number of ether oxygens (including phenoxy) is 2. The van der Waals surface area contributed by atoms with E-state index in [-0.39, 0.29) is 18.6 Å². The Labute approximate surface area is 166 Å². The van der Waals surface area contributed by atoms with Gasteiger partial charge in [0.1, 0.15) is 0 Å². The highest BCUT2D eigenvalue weighted by Crippen LogP contribution is 2.34. The highest BCUT2D eigenvalue weighted by Gasteiger charge is 2.15. The minimum Gasteiger partial charge on any atom is -0.454 e. The van der Waals surface area contributed by atoms with Crippen LogP contribution in [0.1, 0.15) is 17.3 Å². The fourth-order valence-electron chi connectivity index (χ4n) is 2.66. The highest BCUT2D eigenvalue weighted by atomic mass is 16.7. The first-order valence-electron chi connectivity index (χ1n) is 8.74. The molecule has 146 valence electrons. The number of amides is 2. The van der Waals surface area contributed by atoms with Crippen molar-refractivity contribution in [3.63, 3.8) is 0 Å². The molecule has 9 nitrogen and oxygen atoms in total. The average molecular weight is 391 g/mol. The molecule has 29 heavy (non-hydrogen) atoms. The predicted octanol–water partition coefficient (Wildman–Crippen LogP) is 3.16. The molecule has 4 rings (SSSR count). The van der Waals surface area contributed by atoms with Crippen LogP contribution in [-0.2, 0) is 4.79 Å². The number of carbonyl (C=O) groups excluding carboxylic acids is 2. The summed E-state index contributed by atoms with van der Waals surface area (Å²) >= 11 is 0. The topological polar surface area (TPSA) is 114 Å². The molecule has 3 N–H and O–H groups in total. The number of carbonyl (C=O) groups is 2. The monoisotopic (exact) mass is 391 g/mol. The van der Waals surface area contributed by atoms with Gasteiger partial charge in [-0.2, -0.15) is 0 Å². The Morgan fingerprint density at radius 2 is 1.52 bits per heavy atom. The molecular formula is C20H17N5O4. The maximum Gasteiger partial charge on any atom is 0.258 e. The van der Waals surface area contributed by atoms with Gasteiger partial charge in [-0.3, -0.25) is 9.59 Å². The molecule has 1 aliphatic rings. The lowest BCUT2D eigenvalue weighted by Crippen LogP contribution is -2.13. The quantitative estimate of drug-likeness (QED) is 0.612. The Kier molecular flexibility index (Phi) is 4.93. The average Bonchev–Trinajstić information content (AvgIpc) is 3.17. The van der Waals surface area contributed by atoms with Crippen molar-refractivity contribution in [1.82, 2.24) is 9.97 Å². The van der Waals surface area contributed by atoms with E-state index in [1.54, 1.807) is 42.5 Å². The van der Waals surface area contributed by atoms with Gasteiger partial charge in [0.2, 0.25) is 18.6 Å². The minimum atomic E-state index is -0.338. The molecule has 0 unspecified atom stereocenters. The first kappa shape index (κ1) is 18.2. The van der Waals surface area contributed by atoms with Crippen LogP contribution in [0.5, 0.6) is 11.5 Å². The smallest absolute Gasteiger partial charge is 0.258 e. The summed E-state index contributed by atoms with van der Waals surface area (Å²) in [7, 11) is 0. The van der Waals surface area contributed by atoms with Crippen LogP contribution in [0.25, 0.3) is 0 Å². The van der Waals surface area contributed by atoms with Gasteiger partial charge in [0.25, 0.3) is 5.91 Å². The van der Waals surface area contributed by atoms with E-state index in [0.29, 0.717) is 34.4 Å². The Morgan fingerprint density at radius 1 is 0.862 bits per heavy atom. The molecule has 0 aliphatic carbocycles. The van der Waals surface area contributed by atoms with Crippen molar-refractivity contribution in [3.05, 3.63) is 60.4 Å². The third kappa shape index (κ3) is 4.41. The second kappa shape index (κ2) is 7.85. The maximum atomic E-state index is 12.4. The number of rotatable bonds is 5. The van der Waals surface area contributed by atoms with Gasteiger partial charge in [-0.1, -0.05) is 0 Å². The Morgan fingerprint density at radius 3 is 2.24 bits per heavy atom. The van der Waals surface area contributed by atoms with E-state index in [1.807, 2.05) is 0 Å². The van der Waals surface area contributed by atoms with Crippen LogP contribution in [0.3, 0.4) is 0 Å². The largest absolute Gasteiger partial charge is 0.454 e. The van der Waals surface area contributed by atoms with Crippen molar-refractivity contribution in [1.29, 1.82) is 0 Å². The third-order valence-electron chi connectivity index (χ3n) is 4.01. The zero-order valence-electron chi connectivity index (χ0n) is 15.4. The highest BCUT2D eigenvalue weighted by molar-refractivity contribution is 6.04. The van der Waals surface area contributed by atoms with E-state index in [9.17, 15) is 9.59 Å². The van der Waals surface area contributed by atoms with Gasteiger partial charge in [-0.25, -0.2) is 9.97 Å². The molecular weight excluding hydrogens is 374 g/mol. The Hall–Kier alpha value is -4.14. The number of benzene rings is 2. The van der Waals surface area contributed by atoms with Gasteiger partial charge in [-0.15, -0.1) is 0 Å². The second-order valence-corrected chi connectivity index (χ2v) is 6.20. The fourth-order valence-corrected chi connectivity index (χ4v) is 2.66. The minimum absolute atomic E-state index is 0.136. The Balaban J connectivity index is 1.38. The zero-order valence-corrected chi connectivity index (χ0v) is 15.4. The SMILES string of the molecule is CC(=O)Nc1ccc(Nc2ncc(C(=O)Nc3ccc4c(c3)OCO4)cn2)cc1. The molecule has 0 atom stereocenters. The summed E-state index contributed by atoms with van der Waals surface area (Å²) in [5.41, 5.74) is 2.34. The number of nitrogens with zero attached hydrogens (tertiary/aromatic N) is 2. The fraction of sp³-hybridized carbons (Fsp3) is 0.100. The Bertz CT molecular complexity index is 1050. The van der Waals surface area contributed by atoms with Crippen LogP contribution in [-0.4, -0.2) is 28.6 Å². The van der Waals surface area contributed by atoms with Gasteiger partial charge in [-0.05, 0) is 36.4 Å². The van der Waals surface area contributed by atoms with Gasteiger partial charge < -0.3 is 25.4 Å². The van der Waals surface area contributed by atoms with E-state index >= 15 is 0 Å². The molecule has 2 aromatic carbocycles. The lowest BCUT2D eigenvalue weighted by atomic mass is 10.2. The van der Waals surface area contributed by atoms with Gasteiger partial charge in [0, 0.05) is 42.4 Å². The van der Waals surface area contributed by atoms with Crippen LogP contribution in [0.15, 0.2) is 54.9 Å². The maximum absolute atomic E-state index is 12.4. The molecule has 0 saturated carbocycles. The molecule has 0 bridgehead atoms. The van der Waals surface area contributed by atoms with E-state index in [2.05, 4.69) is 25.9 Å². The van der Waals surface area contributed by atoms with Crippen molar-refractivity contribution in [3.8, 4) is 11.5 Å². The van der Waals surface area contributed by atoms with Gasteiger partial charge >= 0.3 is 0 Å². The standard InChI is InChI=1S/C20H17N5O4/c1-12(26)23-14-2-4-15(5-3-14)25-20-21-9-13(10-22-20)19(27)24-16-6-7-17-18(8-16)29-11-28-17/h2-10H,11H2,1H3,(H,23,26)(H,24,27)(H,21,22,25). The molecule has 9 heteroatoms. The van der Waals surface area contributed by atoms with Gasteiger partial charge in [0.15, 0.2) is 11.5 Å². The molecule has 1 aromatic heterocycles. The number of aromatic nitrogens is 2. The van der Waals surface area contributed by atoms with Crippen LogP contribution < -0.4 is 25.4 Å². The van der Waals surface area contributed by atoms with Crippen molar-refractivity contribution < 1.29 is 19.1 Å². The lowest BCUT2D eigenvalue weighted by Gasteiger charge is -2.08. The summed E-state index contributed by atoms with van der Waals surface area (Å²) < 4.78 is 10.5. The molecule has 3 aromatic rings. The van der Waals surface area contributed by atoms with Crippen LogP contribution in [0, 0.1) is 0 Å². The number of hydrogen-bond acceptors (Lipinski definition) is 7. The molecule has 0 radical (unpaired) electrons. The van der Waals surface area contributed by atoms with Crippen LogP contribution >= 0.6 is 0 Å². The summed E-state index contributed by atoms with van der Waals surface area (Å²) in [6.07, 6.45) is 2.87. The van der Waals surface area contributed by atoms with E-state index < -0.39 is 0 Å². The number of anilines is 4. The summed E-state index contributed by atoms with van der Waals surface area (Å²) in [6, 6.07) is 12.3. The van der Waals surface area contributed by atoms with E-state index in [4.69, 9.17) is 9.47 Å². The number of hydrogen-bond donors (Lipinski definition) is 3. The normalized spacial score (nSPS) is 11.6. The van der Waals surface area contributed by atoms with E-state index in [0.717, 1.165) is 5.69 Å². The molecule has 2 heterocycles. The molecule has 0 spiro atoms. The van der Waals surface area contributed by atoms with Crippen molar-refractivity contribution >= 4 is 34.8 Å². The second-order valence-electron chi connectivity index (χ2n) is 6.20. The molecule has 2 amide bonds. The summed E-state index contributed by atoms with van der Waals surface area (Å²) in [5, 5.41) is 8.49. The molecule has 1 aliphatic heterocycles. The number of nitrogens with one attached hydrogen (secondary N) is 3. The van der Waals surface area contributed by atoms with Gasteiger partial charge in [0.05, 0.1) is 5.56 Å². The van der Waals surface area contributed by atoms with E-state index in [1.165, 1.54) is 19.3 Å². The third-order valence-corrected chi connectivity index (χ3v) is 4.01. The van der Waals surface area contributed by atoms with Crippen molar-refractivity contribution in [2.75, 3.05) is 22.7 Å². The molecule has 0 saturated heterocycles. The van der Waals surface area contributed by atoms with Crippen LogP contribution in [0.4, 0.5) is 23.0 Å². The summed E-state index contributed by atoms with van der Waals surface area (Å²) in [6.45, 7) is 1.62. The predicted molar refractivity (Wildman–Crippen MR) is 107 cm³/mol. The first-order chi connectivity index (χ1) is 14.1.